The van der Waals surface area contributed by atoms with Crippen LogP contribution in [0.1, 0.15) is 0 Å². The summed E-state index contributed by atoms with van der Waals surface area (Å²) >= 11 is 5.67. The topological polar surface area (TPSA) is 85.8 Å². The number of nitrogens with zero attached hydrogens (tertiary/aromatic N) is 4. The molecular formula is C18H18ClF3N4O4. The molecule has 8 nitrogen and oxygen atoms in total. The van der Waals surface area contributed by atoms with Crippen LogP contribution in [0.15, 0.2) is 30.5 Å². The first-order chi connectivity index (χ1) is 14.0. The van der Waals surface area contributed by atoms with Crippen molar-refractivity contribution < 1.29 is 27.6 Å². The molecule has 1 aromatic carbocycles. The number of hydrogen-bond donors (Lipinski definition) is 0. The maximum Gasteiger partial charge on any atom is 0.422 e. The van der Waals surface area contributed by atoms with Gasteiger partial charge in [-0.15, -0.1) is 0 Å². The van der Waals surface area contributed by atoms with Crippen molar-refractivity contribution >= 4 is 23.0 Å². The third-order valence-corrected chi connectivity index (χ3v) is 4.98. The fraction of sp³-hybridized carbons (Fsp3) is 0.389. The van der Waals surface area contributed by atoms with Crippen LogP contribution < -0.4 is 14.4 Å². The molecule has 1 fully saturated rings. The van der Waals surface area contributed by atoms with E-state index in [0.717, 1.165) is 25.4 Å². The van der Waals surface area contributed by atoms with Gasteiger partial charge in [-0.3, -0.25) is 10.1 Å². The minimum atomic E-state index is -4.61. The molecule has 2 heterocycles. The largest absolute Gasteiger partial charge is 0.618 e. The maximum atomic E-state index is 12.8. The van der Waals surface area contributed by atoms with E-state index in [1.54, 1.807) is 6.07 Å². The van der Waals surface area contributed by atoms with Gasteiger partial charge in [-0.1, -0.05) is 0 Å². The zero-order valence-electron chi connectivity index (χ0n) is 15.9. The molecule has 30 heavy (non-hydrogen) atoms. The number of likely N-dealkylation sites (N-methyl/N-ethyl adjacent to an activating group) is 1. The van der Waals surface area contributed by atoms with Gasteiger partial charge in [0.15, 0.2) is 12.8 Å². The van der Waals surface area contributed by atoms with E-state index in [1.165, 1.54) is 12.1 Å². The third kappa shape index (κ3) is 5.03. The summed E-state index contributed by atoms with van der Waals surface area (Å²) in [7, 11) is 1.97. The number of pyridine rings is 1. The summed E-state index contributed by atoms with van der Waals surface area (Å²) in [5.41, 5.74) is -0.0986. The SMILES string of the molecule is CN1CCN(c2ccc(-c3c[n+]([O-])c(Cl)cc3[N+](=O)[O-])c(OCC(F)(F)F)c2)CC1. The number of piperazine rings is 1. The average Bonchev–Trinajstić information content (AvgIpc) is 2.68. The van der Waals surface area contributed by atoms with Crippen molar-refractivity contribution in [3.8, 4) is 16.9 Å². The molecule has 1 aromatic heterocycles. The van der Waals surface area contributed by atoms with Gasteiger partial charge in [0.2, 0.25) is 0 Å². The molecule has 0 unspecified atom stereocenters. The summed E-state index contributed by atoms with van der Waals surface area (Å²) in [6.45, 7) is 1.30. The Hall–Kier alpha value is -2.79. The summed E-state index contributed by atoms with van der Waals surface area (Å²) in [6, 6.07) is 5.30. The molecular weight excluding hydrogens is 429 g/mol. The van der Waals surface area contributed by atoms with Crippen molar-refractivity contribution in [3.05, 3.63) is 50.9 Å². The van der Waals surface area contributed by atoms with Crippen molar-refractivity contribution in [3.63, 3.8) is 0 Å². The van der Waals surface area contributed by atoms with Crippen molar-refractivity contribution in [2.75, 3.05) is 44.7 Å². The van der Waals surface area contributed by atoms with Crippen LogP contribution >= 0.6 is 11.6 Å². The molecule has 1 aliphatic heterocycles. The fourth-order valence-corrected chi connectivity index (χ4v) is 3.28. The Labute approximate surface area is 174 Å². The lowest BCUT2D eigenvalue weighted by Crippen LogP contribution is -2.44. The predicted molar refractivity (Wildman–Crippen MR) is 104 cm³/mol. The van der Waals surface area contributed by atoms with Crippen LogP contribution in [-0.2, 0) is 0 Å². The molecule has 1 saturated heterocycles. The second kappa shape index (κ2) is 8.52. The highest BCUT2D eigenvalue weighted by Gasteiger charge is 2.31. The predicted octanol–water partition coefficient (Wildman–Crippen LogP) is 3.24. The number of hydrogen-bond acceptors (Lipinski definition) is 6. The van der Waals surface area contributed by atoms with Crippen LogP contribution in [0.5, 0.6) is 5.75 Å². The van der Waals surface area contributed by atoms with E-state index in [0.29, 0.717) is 18.8 Å². The molecule has 0 amide bonds. The molecule has 1 aliphatic rings. The first kappa shape index (κ1) is 21.9. The van der Waals surface area contributed by atoms with Crippen LogP contribution in [-0.4, -0.2) is 55.8 Å². The lowest BCUT2D eigenvalue weighted by molar-refractivity contribution is -0.603. The number of anilines is 1. The molecule has 12 heteroatoms. The Kier molecular flexibility index (Phi) is 6.22. The Balaban J connectivity index is 2.07. The lowest BCUT2D eigenvalue weighted by Gasteiger charge is -2.34. The molecule has 162 valence electrons. The molecule has 0 spiro atoms. The van der Waals surface area contributed by atoms with Crippen LogP contribution in [0.2, 0.25) is 5.15 Å². The summed E-state index contributed by atoms with van der Waals surface area (Å²) in [5, 5.41) is 22.9. The molecule has 0 aliphatic carbocycles. The van der Waals surface area contributed by atoms with Crippen LogP contribution in [0.4, 0.5) is 24.5 Å². The van der Waals surface area contributed by atoms with Crippen LogP contribution in [0, 0.1) is 15.3 Å². The minimum Gasteiger partial charge on any atom is -0.618 e. The van der Waals surface area contributed by atoms with Crippen LogP contribution in [0.3, 0.4) is 0 Å². The third-order valence-electron chi connectivity index (χ3n) is 4.70. The second-order valence-electron chi connectivity index (χ2n) is 6.85. The normalized spacial score (nSPS) is 15.3. The van der Waals surface area contributed by atoms with Gasteiger partial charge in [0, 0.05) is 43.5 Å². The molecule has 3 rings (SSSR count). The molecule has 0 saturated carbocycles. The molecule has 0 N–H and O–H groups in total. The number of benzene rings is 1. The fourth-order valence-electron chi connectivity index (χ4n) is 3.13. The quantitative estimate of drug-likeness (QED) is 0.230. The smallest absolute Gasteiger partial charge is 0.422 e. The number of aromatic nitrogens is 1. The Bertz CT molecular complexity index is 950. The monoisotopic (exact) mass is 446 g/mol. The van der Waals surface area contributed by atoms with Gasteiger partial charge in [-0.05, 0) is 30.8 Å². The van der Waals surface area contributed by atoms with Gasteiger partial charge in [0.05, 0.1) is 4.92 Å². The highest BCUT2D eigenvalue weighted by atomic mass is 35.5. The zero-order valence-corrected chi connectivity index (χ0v) is 16.6. The first-order valence-corrected chi connectivity index (χ1v) is 9.27. The summed E-state index contributed by atoms with van der Waals surface area (Å²) in [4.78, 5) is 14.8. The van der Waals surface area contributed by atoms with Gasteiger partial charge in [-0.25, -0.2) is 0 Å². The summed E-state index contributed by atoms with van der Waals surface area (Å²) in [5.74, 6) is -0.214. The Morgan fingerprint density at radius 3 is 2.47 bits per heavy atom. The lowest BCUT2D eigenvalue weighted by atomic mass is 10.0. The van der Waals surface area contributed by atoms with E-state index in [4.69, 9.17) is 16.3 Å². The standard InChI is InChI=1S/C18H18ClF3N4O4/c1-23-4-6-24(7-5-23)12-2-3-13(16(8-12)30-11-18(20,21)22)14-10-25(27)17(19)9-15(14)26(28)29/h2-3,8-10H,4-7,11H2,1H3. The second-order valence-corrected chi connectivity index (χ2v) is 7.24. The van der Waals surface area contributed by atoms with Crippen LogP contribution in [0.25, 0.3) is 11.1 Å². The number of nitro groups is 1. The van der Waals surface area contributed by atoms with Gasteiger partial charge >= 0.3 is 6.18 Å². The first-order valence-electron chi connectivity index (χ1n) is 8.90. The van der Waals surface area contributed by atoms with Crippen molar-refractivity contribution in [1.82, 2.24) is 4.90 Å². The Morgan fingerprint density at radius 2 is 1.87 bits per heavy atom. The number of alkyl halides is 3. The van der Waals surface area contributed by atoms with Crippen molar-refractivity contribution in [2.24, 2.45) is 0 Å². The minimum absolute atomic E-state index is 0.00917. The van der Waals surface area contributed by atoms with E-state index in [2.05, 4.69) is 4.90 Å². The number of ether oxygens (including phenoxy) is 1. The summed E-state index contributed by atoms with van der Waals surface area (Å²) in [6.07, 6.45) is -3.75. The number of halogens is 4. The van der Waals surface area contributed by atoms with Gasteiger partial charge in [-0.2, -0.15) is 17.9 Å². The van der Waals surface area contributed by atoms with Gasteiger partial charge in [0.1, 0.15) is 17.4 Å². The highest BCUT2D eigenvalue weighted by Crippen LogP contribution is 2.39. The molecule has 0 atom stereocenters. The molecule has 0 radical (unpaired) electrons. The van der Waals surface area contributed by atoms with Crippen molar-refractivity contribution in [2.45, 2.75) is 6.18 Å². The van der Waals surface area contributed by atoms with E-state index in [1.807, 2.05) is 11.9 Å². The van der Waals surface area contributed by atoms with E-state index in [9.17, 15) is 28.5 Å². The average molecular weight is 447 g/mol. The van der Waals surface area contributed by atoms with Gasteiger partial charge < -0.3 is 19.7 Å². The maximum absolute atomic E-state index is 12.8. The molecule has 2 aromatic rings. The zero-order chi connectivity index (χ0) is 22.1. The number of rotatable bonds is 5. The van der Waals surface area contributed by atoms with E-state index < -0.39 is 28.5 Å². The summed E-state index contributed by atoms with van der Waals surface area (Å²) < 4.78 is 43.5. The van der Waals surface area contributed by atoms with E-state index in [-0.39, 0.29) is 21.6 Å². The molecule has 0 bridgehead atoms. The highest BCUT2D eigenvalue weighted by molar-refractivity contribution is 6.28. The van der Waals surface area contributed by atoms with E-state index >= 15 is 0 Å². The van der Waals surface area contributed by atoms with Gasteiger partial charge in [0.25, 0.3) is 10.8 Å². The Morgan fingerprint density at radius 1 is 1.20 bits per heavy atom. The van der Waals surface area contributed by atoms with Crippen molar-refractivity contribution in [1.29, 1.82) is 0 Å².